The van der Waals surface area contributed by atoms with E-state index in [4.69, 9.17) is 0 Å². The molecule has 0 saturated heterocycles. The summed E-state index contributed by atoms with van der Waals surface area (Å²) in [7, 11) is 0. The van der Waals surface area contributed by atoms with E-state index in [1.165, 1.54) is 10.6 Å². The molecule has 6 heteroatoms. The van der Waals surface area contributed by atoms with Gasteiger partial charge in [0.15, 0.2) is 11.2 Å². The second kappa shape index (κ2) is 5.09. The Labute approximate surface area is 109 Å². The predicted molar refractivity (Wildman–Crippen MR) is 74.3 cm³/mol. The summed E-state index contributed by atoms with van der Waals surface area (Å²) in [5.41, 5.74) is 0.112. The Morgan fingerprint density at radius 2 is 1.84 bits per heavy atom. The maximum Gasteiger partial charge on any atom is 0.333 e. The largest absolute Gasteiger partial charge is 0.333 e. The van der Waals surface area contributed by atoms with Gasteiger partial charge in [-0.25, -0.2) is 9.78 Å². The quantitative estimate of drug-likeness (QED) is 0.745. The van der Waals surface area contributed by atoms with Gasteiger partial charge in [-0.1, -0.05) is 12.2 Å². The normalized spacial score (nSPS) is 10.8. The van der Waals surface area contributed by atoms with E-state index < -0.39 is 5.69 Å². The number of allylic oxidation sites excluding steroid dienone is 2. The molecular weight excluding hydrogens is 244 g/mol. The van der Waals surface area contributed by atoms with Gasteiger partial charge in [0.05, 0.1) is 6.33 Å². The van der Waals surface area contributed by atoms with E-state index in [1.807, 2.05) is 6.92 Å². The SMILES string of the molecule is C=CCn1c(=O)c2c(ncn2CC)n(CC=C)c1=O. The minimum Gasteiger partial charge on any atom is -0.325 e. The predicted octanol–water partition coefficient (Wildman–Crippen LogP) is 0.752. The van der Waals surface area contributed by atoms with Gasteiger partial charge < -0.3 is 4.57 Å². The molecule has 0 fully saturated rings. The van der Waals surface area contributed by atoms with E-state index in [0.29, 0.717) is 24.3 Å². The zero-order chi connectivity index (χ0) is 14.0. The highest BCUT2D eigenvalue weighted by atomic mass is 16.2. The number of imidazole rings is 1. The molecule has 0 bridgehead atoms. The molecule has 2 aromatic heterocycles. The first kappa shape index (κ1) is 13.1. The van der Waals surface area contributed by atoms with Crippen molar-refractivity contribution in [2.24, 2.45) is 0 Å². The Morgan fingerprint density at radius 1 is 1.21 bits per heavy atom. The van der Waals surface area contributed by atoms with Crippen LogP contribution in [0, 0.1) is 0 Å². The van der Waals surface area contributed by atoms with E-state index in [9.17, 15) is 9.59 Å². The summed E-state index contributed by atoms with van der Waals surface area (Å²) in [6, 6.07) is 0. The first-order chi connectivity index (χ1) is 9.15. The summed E-state index contributed by atoms with van der Waals surface area (Å²) in [5, 5.41) is 0. The Hall–Kier alpha value is -2.37. The van der Waals surface area contributed by atoms with Gasteiger partial charge >= 0.3 is 5.69 Å². The molecule has 0 aliphatic rings. The standard InChI is InChI=1S/C13H16N4O2/c1-4-7-16-11-10(15(6-3)9-14-11)12(18)17(8-5-2)13(16)19/h4-5,9H,1-2,6-8H2,3H3. The molecule has 0 spiro atoms. The molecule has 0 aliphatic carbocycles. The van der Waals surface area contributed by atoms with Crippen molar-refractivity contribution in [1.82, 2.24) is 18.7 Å². The zero-order valence-corrected chi connectivity index (χ0v) is 10.9. The van der Waals surface area contributed by atoms with Crippen molar-refractivity contribution < 1.29 is 0 Å². The van der Waals surface area contributed by atoms with E-state index in [0.717, 1.165) is 4.57 Å². The number of rotatable bonds is 5. The molecule has 2 aromatic rings. The molecule has 0 unspecified atom stereocenters. The van der Waals surface area contributed by atoms with Gasteiger partial charge in [-0.05, 0) is 6.92 Å². The van der Waals surface area contributed by atoms with Crippen LogP contribution in [0.15, 0.2) is 41.2 Å². The van der Waals surface area contributed by atoms with Crippen molar-refractivity contribution in [3.63, 3.8) is 0 Å². The first-order valence-electron chi connectivity index (χ1n) is 6.06. The van der Waals surface area contributed by atoms with Crippen LogP contribution in [0.25, 0.3) is 11.2 Å². The molecule has 0 atom stereocenters. The van der Waals surface area contributed by atoms with Crippen LogP contribution >= 0.6 is 0 Å². The van der Waals surface area contributed by atoms with Crippen molar-refractivity contribution in [2.45, 2.75) is 26.6 Å². The number of hydrogen-bond donors (Lipinski definition) is 0. The van der Waals surface area contributed by atoms with Gasteiger partial charge in [0.1, 0.15) is 0 Å². The fraction of sp³-hybridized carbons (Fsp3) is 0.308. The van der Waals surface area contributed by atoms with E-state index >= 15 is 0 Å². The van der Waals surface area contributed by atoms with Gasteiger partial charge in [-0.3, -0.25) is 13.9 Å². The van der Waals surface area contributed by atoms with Crippen molar-refractivity contribution in [3.8, 4) is 0 Å². The topological polar surface area (TPSA) is 61.8 Å². The maximum atomic E-state index is 12.4. The fourth-order valence-electron chi connectivity index (χ4n) is 2.06. The van der Waals surface area contributed by atoms with Crippen molar-refractivity contribution >= 4 is 11.2 Å². The fourth-order valence-corrected chi connectivity index (χ4v) is 2.06. The van der Waals surface area contributed by atoms with E-state index in [1.54, 1.807) is 17.0 Å². The smallest absolute Gasteiger partial charge is 0.325 e. The van der Waals surface area contributed by atoms with Gasteiger partial charge in [0.25, 0.3) is 5.56 Å². The van der Waals surface area contributed by atoms with E-state index in [-0.39, 0.29) is 12.1 Å². The summed E-state index contributed by atoms with van der Waals surface area (Å²) in [6.07, 6.45) is 4.71. The summed E-state index contributed by atoms with van der Waals surface area (Å²) in [4.78, 5) is 28.8. The lowest BCUT2D eigenvalue weighted by atomic mass is 10.4. The molecule has 100 valence electrons. The van der Waals surface area contributed by atoms with Gasteiger partial charge in [-0.15, -0.1) is 13.2 Å². The second-order valence-electron chi connectivity index (χ2n) is 4.09. The summed E-state index contributed by atoms with van der Waals surface area (Å²) in [6.45, 7) is 10.2. The first-order valence-corrected chi connectivity index (χ1v) is 6.06. The lowest BCUT2D eigenvalue weighted by Crippen LogP contribution is -2.40. The van der Waals surface area contributed by atoms with Crippen molar-refractivity contribution in [1.29, 1.82) is 0 Å². The third kappa shape index (κ3) is 1.95. The highest BCUT2D eigenvalue weighted by molar-refractivity contribution is 5.70. The molecular formula is C13H16N4O2. The molecule has 2 rings (SSSR count). The molecule has 0 aromatic carbocycles. The van der Waals surface area contributed by atoms with Gasteiger partial charge in [0, 0.05) is 19.6 Å². The van der Waals surface area contributed by atoms with E-state index in [2.05, 4.69) is 18.1 Å². The number of aryl methyl sites for hydroxylation is 1. The number of nitrogens with zero attached hydrogens (tertiary/aromatic N) is 4. The lowest BCUT2D eigenvalue weighted by molar-refractivity contribution is 0.641. The molecule has 2 heterocycles. The zero-order valence-electron chi connectivity index (χ0n) is 10.9. The van der Waals surface area contributed by atoms with Crippen LogP contribution < -0.4 is 11.2 Å². The molecule has 0 radical (unpaired) electrons. The highest BCUT2D eigenvalue weighted by Gasteiger charge is 2.15. The van der Waals surface area contributed by atoms with Crippen LogP contribution in [0.1, 0.15) is 6.92 Å². The minimum atomic E-state index is -0.390. The average Bonchev–Trinajstić information content (AvgIpc) is 2.83. The highest BCUT2D eigenvalue weighted by Crippen LogP contribution is 2.06. The summed E-state index contributed by atoms with van der Waals surface area (Å²) in [5.74, 6) is 0. The average molecular weight is 260 g/mol. The number of fused-ring (bicyclic) bond motifs is 1. The van der Waals surface area contributed by atoms with Crippen LogP contribution in [0.5, 0.6) is 0 Å². The Balaban J connectivity index is 2.96. The van der Waals surface area contributed by atoms with Crippen LogP contribution in [0.3, 0.4) is 0 Å². The molecule has 0 aliphatic heterocycles. The third-order valence-electron chi connectivity index (χ3n) is 2.95. The Kier molecular flexibility index (Phi) is 3.50. The Bertz CT molecular complexity index is 748. The lowest BCUT2D eigenvalue weighted by Gasteiger charge is -2.09. The maximum absolute atomic E-state index is 12.4. The molecule has 0 N–H and O–H groups in total. The van der Waals surface area contributed by atoms with Crippen LogP contribution in [0.2, 0.25) is 0 Å². The van der Waals surface area contributed by atoms with Gasteiger partial charge in [-0.2, -0.15) is 0 Å². The number of hydrogen-bond acceptors (Lipinski definition) is 3. The molecule has 6 nitrogen and oxygen atoms in total. The van der Waals surface area contributed by atoms with Crippen molar-refractivity contribution in [3.05, 3.63) is 52.5 Å². The van der Waals surface area contributed by atoms with Crippen LogP contribution in [0.4, 0.5) is 0 Å². The van der Waals surface area contributed by atoms with Gasteiger partial charge in [0.2, 0.25) is 0 Å². The summed E-state index contributed by atoms with van der Waals surface area (Å²) >= 11 is 0. The van der Waals surface area contributed by atoms with Crippen LogP contribution in [-0.2, 0) is 19.6 Å². The van der Waals surface area contributed by atoms with Crippen molar-refractivity contribution in [2.75, 3.05) is 0 Å². The molecule has 19 heavy (non-hydrogen) atoms. The monoisotopic (exact) mass is 260 g/mol. The third-order valence-corrected chi connectivity index (χ3v) is 2.95. The summed E-state index contributed by atoms with van der Waals surface area (Å²) < 4.78 is 4.34. The second-order valence-corrected chi connectivity index (χ2v) is 4.09. The Morgan fingerprint density at radius 3 is 2.42 bits per heavy atom. The number of aromatic nitrogens is 4. The molecule has 0 amide bonds. The molecule has 0 saturated carbocycles. The minimum absolute atomic E-state index is 0.180. The van der Waals surface area contributed by atoms with Crippen LogP contribution in [-0.4, -0.2) is 18.7 Å².